The van der Waals surface area contributed by atoms with E-state index < -0.39 is 71.7 Å². The summed E-state index contributed by atoms with van der Waals surface area (Å²) >= 11 is 0. The van der Waals surface area contributed by atoms with Crippen molar-refractivity contribution in [3.8, 4) is 5.75 Å². The van der Waals surface area contributed by atoms with Crippen molar-refractivity contribution >= 4 is 23.5 Å². The number of hydrogen-bond donors (Lipinski definition) is 0. The van der Waals surface area contributed by atoms with Gasteiger partial charge in [-0.1, -0.05) is 12.0 Å². The fourth-order valence-corrected chi connectivity index (χ4v) is 5.84. The predicted octanol–water partition coefficient (Wildman–Crippen LogP) is 7.51. The molecule has 4 aromatic rings. The molecule has 2 atom stereocenters. The standard InChI is InChI=1S/C32H27F9N6O4/c1-4-22-14-26(46(29-42-44-45(2)43-29)16-17-11-20(30(33,34)35)13-21(12-17)31(36,37)38)24-15-23(51-32(39,40)41)9-10-25(24)47(22)27(48)18-5-7-19(8-6-18)28(49)50-3/h5-13,15,22,26H,4,14,16H2,1-3H3. The first-order valence-corrected chi connectivity index (χ1v) is 15.0. The van der Waals surface area contributed by atoms with E-state index in [1.54, 1.807) is 6.92 Å². The SMILES string of the molecule is CCC1CC(N(Cc2cc(C(F)(F)F)cc(C(F)(F)F)c2)c2nnn(C)n2)c2cc(OC(F)(F)F)ccc2N1C(=O)c1ccc(C(=O)OC)cc1. The average Bonchev–Trinajstić information content (AvgIpc) is 3.50. The number of halogens is 9. The minimum absolute atomic E-state index is 0.00328. The fourth-order valence-electron chi connectivity index (χ4n) is 5.84. The number of carbonyl (C=O) groups excluding carboxylic acids is 2. The van der Waals surface area contributed by atoms with Crippen LogP contribution in [0.2, 0.25) is 0 Å². The number of benzene rings is 3. The summed E-state index contributed by atoms with van der Waals surface area (Å²) in [6, 6.07) is 7.71. The largest absolute Gasteiger partial charge is 0.573 e. The molecule has 1 aliphatic rings. The molecule has 2 unspecified atom stereocenters. The van der Waals surface area contributed by atoms with Gasteiger partial charge in [-0.2, -0.15) is 31.1 Å². The van der Waals surface area contributed by atoms with Crippen LogP contribution in [0.1, 0.15) is 68.8 Å². The summed E-state index contributed by atoms with van der Waals surface area (Å²) in [6.45, 7) is 1.02. The zero-order chi connectivity index (χ0) is 37.5. The molecule has 19 heteroatoms. The summed E-state index contributed by atoms with van der Waals surface area (Å²) in [6.07, 6.45) is -15.3. The molecule has 51 heavy (non-hydrogen) atoms. The van der Waals surface area contributed by atoms with Crippen molar-refractivity contribution in [3.05, 3.63) is 94.0 Å². The molecule has 0 N–H and O–H groups in total. The van der Waals surface area contributed by atoms with Gasteiger partial charge >= 0.3 is 24.7 Å². The van der Waals surface area contributed by atoms with E-state index in [1.165, 1.54) is 54.3 Å². The molecule has 5 rings (SSSR count). The molecule has 1 aliphatic heterocycles. The molecule has 0 spiro atoms. The second kappa shape index (κ2) is 13.7. The van der Waals surface area contributed by atoms with Gasteiger partial charge in [0.05, 0.1) is 36.9 Å². The highest BCUT2D eigenvalue weighted by Crippen LogP contribution is 2.46. The van der Waals surface area contributed by atoms with Crippen LogP contribution in [-0.4, -0.2) is 51.6 Å². The van der Waals surface area contributed by atoms with Gasteiger partial charge in [-0.3, -0.25) is 4.79 Å². The molecule has 2 heterocycles. The molecule has 1 aromatic heterocycles. The summed E-state index contributed by atoms with van der Waals surface area (Å²) < 4.78 is 132. The van der Waals surface area contributed by atoms with E-state index in [2.05, 4.69) is 24.9 Å². The number of nitrogens with zero attached hydrogens (tertiary/aromatic N) is 6. The summed E-state index contributed by atoms with van der Waals surface area (Å²) in [7, 11) is 2.53. The molecule has 3 aromatic carbocycles. The average molecular weight is 731 g/mol. The number of anilines is 2. The van der Waals surface area contributed by atoms with E-state index in [0.717, 1.165) is 16.9 Å². The fraction of sp³-hybridized carbons (Fsp3) is 0.344. The van der Waals surface area contributed by atoms with E-state index in [4.69, 9.17) is 0 Å². The van der Waals surface area contributed by atoms with Crippen LogP contribution in [0.5, 0.6) is 5.75 Å². The Morgan fingerprint density at radius 1 is 0.882 bits per heavy atom. The summed E-state index contributed by atoms with van der Waals surface area (Å²) in [4.78, 5) is 29.5. The van der Waals surface area contributed by atoms with Crippen molar-refractivity contribution in [3.63, 3.8) is 0 Å². The van der Waals surface area contributed by atoms with Gasteiger partial charge in [-0.25, -0.2) is 4.79 Å². The summed E-state index contributed by atoms with van der Waals surface area (Å²) in [5, 5.41) is 11.8. The highest BCUT2D eigenvalue weighted by molar-refractivity contribution is 6.08. The van der Waals surface area contributed by atoms with Gasteiger partial charge in [0.2, 0.25) is 0 Å². The molecular formula is C32H27F9N6O4. The Balaban J connectivity index is 1.67. The van der Waals surface area contributed by atoms with Gasteiger partial charge in [-0.05, 0) is 84.3 Å². The lowest BCUT2D eigenvalue weighted by Crippen LogP contribution is -2.47. The molecule has 0 fully saturated rings. The highest BCUT2D eigenvalue weighted by Gasteiger charge is 2.42. The Morgan fingerprint density at radius 2 is 1.49 bits per heavy atom. The Bertz CT molecular complexity index is 1880. The van der Waals surface area contributed by atoms with Crippen LogP contribution >= 0.6 is 0 Å². The van der Waals surface area contributed by atoms with Gasteiger partial charge in [-0.15, -0.1) is 18.3 Å². The lowest BCUT2D eigenvalue weighted by molar-refractivity contribution is -0.274. The number of carbonyl (C=O) groups is 2. The van der Waals surface area contributed by atoms with Crippen molar-refractivity contribution in [1.29, 1.82) is 0 Å². The Morgan fingerprint density at radius 3 is 2.00 bits per heavy atom. The van der Waals surface area contributed by atoms with Crippen LogP contribution in [-0.2, 0) is 30.7 Å². The number of methoxy groups -OCH3 is 1. The molecule has 0 bridgehead atoms. The maximum atomic E-state index is 14.0. The normalized spacial score (nSPS) is 16.4. The number of aryl methyl sites for hydroxylation is 1. The topological polar surface area (TPSA) is 103 Å². The number of tetrazole rings is 1. The Hall–Kier alpha value is -5.36. The third kappa shape index (κ3) is 8.18. The number of fused-ring (bicyclic) bond motifs is 1. The van der Waals surface area contributed by atoms with Crippen LogP contribution in [0, 0.1) is 0 Å². The second-order valence-corrected chi connectivity index (χ2v) is 11.4. The van der Waals surface area contributed by atoms with Crippen LogP contribution in [0.15, 0.2) is 60.7 Å². The number of ether oxygens (including phenoxy) is 2. The van der Waals surface area contributed by atoms with Gasteiger partial charge in [0, 0.05) is 29.4 Å². The Kier molecular flexibility index (Phi) is 9.95. The van der Waals surface area contributed by atoms with E-state index in [0.29, 0.717) is 12.1 Å². The van der Waals surface area contributed by atoms with Gasteiger partial charge in [0.15, 0.2) is 0 Å². The van der Waals surface area contributed by atoms with Crippen LogP contribution in [0.3, 0.4) is 0 Å². The minimum Gasteiger partial charge on any atom is -0.465 e. The number of esters is 1. The Labute approximate surface area is 283 Å². The van der Waals surface area contributed by atoms with Gasteiger partial charge in [0.1, 0.15) is 5.75 Å². The van der Waals surface area contributed by atoms with Crippen molar-refractivity contribution in [1.82, 2.24) is 20.2 Å². The number of amides is 1. The lowest BCUT2D eigenvalue weighted by atomic mass is 9.87. The third-order valence-electron chi connectivity index (χ3n) is 8.09. The van der Waals surface area contributed by atoms with Crippen molar-refractivity contribution in [2.75, 3.05) is 16.9 Å². The van der Waals surface area contributed by atoms with Gasteiger partial charge < -0.3 is 19.3 Å². The quantitative estimate of drug-likeness (QED) is 0.136. The first-order valence-electron chi connectivity index (χ1n) is 15.0. The van der Waals surface area contributed by atoms with E-state index in [-0.39, 0.29) is 47.2 Å². The van der Waals surface area contributed by atoms with Crippen LogP contribution in [0.25, 0.3) is 0 Å². The first-order chi connectivity index (χ1) is 23.8. The zero-order valence-corrected chi connectivity index (χ0v) is 26.8. The third-order valence-corrected chi connectivity index (χ3v) is 8.09. The van der Waals surface area contributed by atoms with E-state index in [9.17, 15) is 49.1 Å². The first kappa shape index (κ1) is 36.9. The number of hydrogen-bond acceptors (Lipinski definition) is 8. The molecule has 0 aliphatic carbocycles. The van der Waals surface area contributed by atoms with Crippen LogP contribution < -0.4 is 14.5 Å². The van der Waals surface area contributed by atoms with Gasteiger partial charge in [0.25, 0.3) is 11.9 Å². The molecular weight excluding hydrogens is 703 g/mol. The maximum absolute atomic E-state index is 14.0. The smallest absolute Gasteiger partial charge is 0.465 e. The number of rotatable bonds is 8. The summed E-state index contributed by atoms with van der Waals surface area (Å²) in [5.41, 5.74) is -3.32. The number of alkyl halides is 9. The monoisotopic (exact) mass is 730 g/mol. The zero-order valence-electron chi connectivity index (χ0n) is 26.8. The molecule has 272 valence electrons. The maximum Gasteiger partial charge on any atom is 0.573 e. The second-order valence-electron chi connectivity index (χ2n) is 11.4. The minimum atomic E-state index is -5.16. The van der Waals surface area contributed by atoms with E-state index >= 15 is 0 Å². The summed E-state index contributed by atoms with van der Waals surface area (Å²) in [5.74, 6) is -2.25. The predicted molar refractivity (Wildman–Crippen MR) is 161 cm³/mol. The number of aromatic nitrogens is 4. The molecule has 0 saturated carbocycles. The molecule has 1 amide bonds. The lowest BCUT2D eigenvalue weighted by Gasteiger charge is -2.44. The molecule has 0 saturated heterocycles. The van der Waals surface area contributed by atoms with Crippen molar-refractivity contribution in [2.24, 2.45) is 7.05 Å². The van der Waals surface area contributed by atoms with E-state index in [1.807, 2.05) is 0 Å². The molecule has 0 radical (unpaired) electrons. The highest BCUT2D eigenvalue weighted by atomic mass is 19.4. The van der Waals surface area contributed by atoms with Crippen LogP contribution in [0.4, 0.5) is 51.1 Å². The molecule has 10 nitrogen and oxygen atoms in total. The van der Waals surface area contributed by atoms with Crippen molar-refractivity contribution in [2.45, 2.75) is 57.1 Å². The van der Waals surface area contributed by atoms with Crippen molar-refractivity contribution < 1.29 is 58.6 Å².